The molecule has 1 aliphatic heterocycles. The lowest BCUT2D eigenvalue weighted by atomic mass is 9.85. The number of rotatable bonds is 14. The third kappa shape index (κ3) is 10.9. The normalized spacial score (nSPS) is 17.4. The van der Waals surface area contributed by atoms with Gasteiger partial charge in [-0.1, -0.05) is 52.0 Å². The first-order valence-corrected chi connectivity index (χ1v) is 17.2. The molecule has 0 saturated carbocycles. The molecule has 46 heavy (non-hydrogen) atoms. The second-order valence-electron chi connectivity index (χ2n) is 14.4. The van der Waals surface area contributed by atoms with Gasteiger partial charge >= 0.3 is 6.09 Å². The average molecular weight is 656 g/mol. The quantitative estimate of drug-likeness (QED) is 0.201. The maximum Gasteiger partial charge on any atom is 0.410 e. The van der Waals surface area contributed by atoms with Crippen LogP contribution in [-0.4, -0.2) is 82.8 Å². The van der Waals surface area contributed by atoms with Gasteiger partial charge in [-0.05, 0) is 69.4 Å². The van der Waals surface area contributed by atoms with Gasteiger partial charge in [0.25, 0.3) is 0 Å². The number of nitrogens with one attached hydrogen (secondary N) is 2. The Labute approximate surface area is 278 Å². The van der Waals surface area contributed by atoms with Gasteiger partial charge in [0.15, 0.2) is 0 Å². The van der Waals surface area contributed by atoms with Gasteiger partial charge in [-0.2, -0.15) is 0 Å². The molecule has 1 aromatic heterocycles. The molecule has 0 spiro atoms. The number of unbranched alkanes of at least 4 members (excludes halogenated alkanes) is 2. The third-order valence-electron chi connectivity index (χ3n) is 8.02. The molecule has 3 atom stereocenters. The van der Waals surface area contributed by atoms with Crippen LogP contribution in [0.2, 0.25) is 0 Å². The summed E-state index contributed by atoms with van der Waals surface area (Å²) >= 11 is 1.61. The molecule has 0 bridgehead atoms. The number of likely N-dealkylation sites (tertiary alicyclic amines) is 1. The van der Waals surface area contributed by atoms with Crippen LogP contribution in [0.15, 0.2) is 29.8 Å². The molecule has 2 heterocycles. The van der Waals surface area contributed by atoms with E-state index in [1.165, 1.54) is 0 Å². The Balaban J connectivity index is 1.64. The van der Waals surface area contributed by atoms with Crippen molar-refractivity contribution in [2.45, 2.75) is 105 Å². The summed E-state index contributed by atoms with van der Waals surface area (Å²) in [6.07, 6.45) is 2.88. The van der Waals surface area contributed by atoms with E-state index in [2.05, 4.69) is 22.5 Å². The Hall–Kier alpha value is -3.31. The summed E-state index contributed by atoms with van der Waals surface area (Å²) in [6, 6.07) is 7.00. The van der Waals surface area contributed by atoms with Gasteiger partial charge < -0.3 is 30.0 Å². The molecular weight excluding hydrogens is 602 g/mol. The van der Waals surface area contributed by atoms with Crippen LogP contribution < -0.4 is 10.6 Å². The number of thiazole rings is 1. The molecule has 11 heteroatoms. The highest BCUT2D eigenvalue weighted by Crippen LogP contribution is 2.29. The van der Waals surface area contributed by atoms with E-state index in [0.717, 1.165) is 28.0 Å². The van der Waals surface area contributed by atoms with Crippen LogP contribution in [-0.2, 0) is 25.7 Å². The van der Waals surface area contributed by atoms with Crippen LogP contribution in [0.25, 0.3) is 10.4 Å². The van der Waals surface area contributed by atoms with Gasteiger partial charge in [0, 0.05) is 39.1 Å². The lowest BCUT2D eigenvalue weighted by Gasteiger charge is -2.36. The van der Waals surface area contributed by atoms with Crippen LogP contribution in [0.5, 0.6) is 0 Å². The van der Waals surface area contributed by atoms with Gasteiger partial charge in [0.2, 0.25) is 11.8 Å². The Morgan fingerprint density at radius 2 is 1.80 bits per heavy atom. The molecular formula is C35H53N5O5S. The summed E-state index contributed by atoms with van der Waals surface area (Å²) in [5.41, 5.74) is 3.85. The molecule has 2 N–H and O–H groups in total. The van der Waals surface area contributed by atoms with Crippen molar-refractivity contribution in [1.82, 2.24) is 25.4 Å². The highest BCUT2D eigenvalue weighted by molar-refractivity contribution is 7.13. The topological polar surface area (TPSA) is 121 Å². The molecule has 0 radical (unpaired) electrons. The number of carbonyl (C=O) groups excluding carboxylic acids is 4. The number of aromatic nitrogens is 1. The van der Waals surface area contributed by atoms with E-state index in [1.54, 1.807) is 21.1 Å². The summed E-state index contributed by atoms with van der Waals surface area (Å²) < 4.78 is 5.61. The minimum Gasteiger partial charge on any atom is -0.444 e. The molecule has 1 aliphatic rings. The molecule has 2 aromatic rings. The molecule has 10 nitrogen and oxygen atoms in total. The first kappa shape index (κ1) is 37.2. The van der Waals surface area contributed by atoms with E-state index in [0.29, 0.717) is 58.4 Å². The van der Waals surface area contributed by atoms with Crippen LogP contribution in [0.3, 0.4) is 0 Å². The zero-order chi connectivity index (χ0) is 34.1. The van der Waals surface area contributed by atoms with Crippen molar-refractivity contribution >= 4 is 35.5 Å². The van der Waals surface area contributed by atoms with E-state index in [-0.39, 0.29) is 17.7 Å². The number of hydrogen-bond donors (Lipinski definition) is 2. The Kier molecular flexibility index (Phi) is 13.3. The first-order chi connectivity index (χ1) is 21.6. The number of nitrogens with zero attached hydrogens (tertiary/aromatic N) is 3. The summed E-state index contributed by atoms with van der Waals surface area (Å²) in [5.74, 6) is -0.0773. The average Bonchev–Trinajstić information content (AvgIpc) is 3.58. The molecule has 3 rings (SSSR count). The Bertz CT molecular complexity index is 1310. The van der Waals surface area contributed by atoms with Crippen LogP contribution in [0.4, 0.5) is 4.79 Å². The summed E-state index contributed by atoms with van der Waals surface area (Å²) in [6.45, 7) is 17.6. The van der Waals surface area contributed by atoms with Crippen molar-refractivity contribution < 1.29 is 23.9 Å². The smallest absolute Gasteiger partial charge is 0.410 e. The molecule has 1 fully saturated rings. The maximum atomic E-state index is 14.1. The standard InChI is InChI=1S/C35H53N5O5S/c1-24-20-28(31(42)37-21-26-12-14-27(15-13-26)29-25(2)38-23-46-29)40(22-24)32(43)30(34(3,4)5)36-16-18-39(17-10-9-11-19-41)33(44)45-35(6,7)8/h12-15,19,23-24,28,30,36H,9-11,16-18,20-22H2,1-8H3,(H,37,42)/t24-,28+,30-/m1/s1. The number of benzene rings is 1. The van der Waals surface area contributed by atoms with E-state index in [1.807, 2.05) is 78.2 Å². The zero-order valence-corrected chi connectivity index (χ0v) is 29.7. The second-order valence-corrected chi connectivity index (χ2v) is 15.3. The fourth-order valence-corrected chi connectivity index (χ4v) is 6.43. The number of aryl methyl sites for hydroxylation is 1. The van der Waals surface area contributed by atoms with Crippen LogP contribution in [0, 0.1) is 18.3 Å². The van der Waals surface area contributed by atoms with Gasteiger partial charge in [-0.15, -0.1) is 11.3 Å². The van der Waals surface area contributed by atoms with Gasteiger partial charge in [-0.3, -0.25) is 9.59 Å². The monoisotopic (exact) mass is 655 g/mol. The second kappa shape index (κ2) is 16.5. The van der Waals surface area contributed by atoms with Crippen molar-refractivity contribution in [2.24, 2.45) is 11.3 Å². The Morgan fingerprint density at radius 1 is 1.11 bits per heavy atom. The lowest BCUT2D eigenvalue weighted by Crippen LogP contribution is -2.57. The Morgan fingerprint density at radius 3 is 2.39 bits per heavy atom. The van der Waals surface area contributed by atoms with Crippen molar-refractivity contribution in [3.8, 4) is 10.4 Å². The summed E-state index contributed by atoms with van der Waals surface area (Å²) in [7, 11) is 0. The fraction of sp³-hybridized carbons (Fsp3) is 0.629. The minimum absolute atomic E-state index is 0.115. The fourth-order valence-electron chi connectivity index (χ4n) is 5.62. The van der Waals surface area contributed by atoms with Gasteiger partial charge in [-0.25, -0.2) is 9.78 Å². The molecule has 1 aromatic carbocycles. The summed E-state index contributed by atoms with van der Waals surface area (Å²) in [5, 5.41) is 6.47. The predicted molar refractivity (Wildman–Crippen MR) is 182 cm³/mol. The number of carbonyl (C=O) groups is 4. The minimum atomic E-state index is -0.637. The van der Waals surface area contributed by atoms with Crippen molar-refractivity contribution in [3.63, 3.8) is 0 Å². The van der Waals surface area contributed by atoms with Crippen molar-refractivity contribution in [3.05, 3.63) is 41.0 Å². The van der Waals surface area contributed by atoms with Crippen LogP contribution in [0.1, 0.15) is 85.4 Å². The van der Waals surface area contributed by atoms with E-state index in [9.17, 15) is 19.2 Å². The SMILES string of the molecule is Cc1ncsc1-c1ccc(CNC(=O)[C@@H]2C[C@@H](C)CN2C(=O)[C@@H](NCCN(CCCCC=O)C(=O)OC(C)(C)C)C(C)(C)C)cc1. The molecule has 0 unspecified atom stereocenters. The van der Waals surface area contributed by atoms with Crippen molar-refractivity contribution in [1.29, 1.82) is 0 Å². The number of hydrogen-bond acceptors (Lipinski definition) is 8. The number of ether oxygens (including phenoxy) is 1. The number of amides is 3. The first-order valence-electron chi connectivity index (χ1n) is 16.3. The van der Waals surface area contributed by atoms with Gasteiger partial charge in [0.1, 0.15) is 17.9 Å². The molecule has 3 amide bonds. The number of aldehydes is 1. The van der Waals surface area contributed by atoms with Gasteiger partial charge in [0.05, 0.1) is 22.1 Å². The van der Waals surface area contributed by atoms with E-state index in [4.69, 9.17) is 4.74 Å². The highest BCUT2D eigenvalue weighted by atomic mass is 32.1. The molecule has 1 saturated heterocycles. The lowest BCUT2D eigenvalue weighted by molar-refractivity contribution is -0.142. The molecule has 0 aliphatic carbocycles. The summed E-state index contributed by atoms with van der Waals surface area (Å²) in [4.78, 5) is 60.1. The van der Waals surface area contributed by atoms with Crippen LogP contribution >= 0.6 is 11.3 Å². The van der Waals surface area contributed by atoms with E-state index < -0.39 is 29.2 Å². The third-order valence-corrected chi connectivity index (χ3v) is 9.00. The highest BCUT2D eigenvalue weighted by Gasteiger charge is 2.43. The van der Waals surface area contributed by atoms with Crippen molar-refractivity contribution in [2.75, 3.05) is 26.2 Å². The zero-order valence-electron chi connectivity index (χ0n) is 28.9. The molecule has 254 valence electrons. The largest absolute Gasteiger partial charge is 0.444 e. The maximum absolute atomic E-state index is 14.1. The van der Waals surface area contributed by atoms with E-state index >= 15 is 0 Å². The predicted octanol–water partition coefficient (Wildman–Crippen LogP) is 5.58.